The van der Waals surface area contributed by atoms with E-state index < -0.39 is 34.5 Å². The molecule has 0 heterocycles. The molecule has 1 rings (SSSR count). The average Bonchev–Trinajstić information content (AvgIpc) is 2.82. The zero-order valence-corrected chi connectivity index (χ0v) is 20.9. The van der Waals surface area contributed by atoms with Gasteiger partial charge in [0.1, 0.15) is 5.69 Å². The summed E-state index contributed by atoms with van der Waals surface area (Å²) in [5.74, 6) is -3.27. The van der Waals surface area contributed by atoms with E-state index in [9.17, 15) is 29.6 Å². The lowest BCUT2D eigenvalue weighted by atomic mass is 10.0. The average molecular weight is 494 g/mol. The third-order valence-corrected chi connectivity index (χ3v) is 5.99. The molecule has 0 spiro atoms. The number of ether oxygens (including phenoxy) is 1. The Morgan fingerprint density at radius 1 is 1.00 bits per heavy atom. The summed E-state index contributed by atoms with van der Waals surface area (Å²) in [6, 6.07) is 1.75. The number of nitro benzene ring substituents is 1. The number of primary amides is 1. The molecule has 1 amide bonds. The zero-order chi connectivity index (χ0) is 26.2. The summed E-state index contributed by atoms with van der Waals surface area (Å²) in [6.45, 7) is 2.35. The minimum absolute atomic E-state index is 0.0581. The molecule has 3 N–H and O–H groups in total. The van der Waals surface area contributed by atoms with Gasteiger partial charge in [-0.1, -0.05) is 77.6 Å². The van der Waals surface area contributed by atoms with Crippen LogP contribution in [0.2, 0.25) is 0 Å². The molecule has 196 valence electrons. The lowest BCUT2D eigenvalue weighted by Crippen LogP contribution is -2.51. The Balaban J connectivity index is 2.79. The van der Waals surface area contributed by atoms with E-state index in [0.717, 1.165) is 38.9 Å². The molecule has 10 nitrogen and oxygen atoms in total. The number of carboxylic acids is 1. The Morgan fingerprint density at radius 2 is 1.51 bits per heavy atom. The monoisotopic (exact) mass is 493 g/mol. The van der Waals surface area contributed by atoms with Gasteiger partial charge in [0, 0.05) is 12.6 Å². The number of nitrogens with two attached hydrogens (primary N) is 1. The van der Waals surface area contributed by atoms with E-state index in [0.29, 0.717) is 6.42 Å². The number of rotatable bonds is 19. The predicted molar refractivity (Wildman–Crippen MR) is 133 cm³/mol. The van der Waals surface area contributed by atoms with E-state index in [4.69, 9.17) is 10.5 Å². The van der Waals surface area contributed by atoms with Crippen LogP contribution < -0.4 is 10.6 Å². The summed E-state index contributed by atoms with van der Waals surface area (Å²) in [7, 11) is 1.10. The van der Waals surface area contributed by atoms with Gasteiger partial charge in [0.2, 0.25) is 6.04 Å². The summed E-state index contributed by atoms with van der Waals surface area (Å²) in [4.78, 5) is 47.8. The fourth-order valence-electron chi connectivity index (χ4n) is 4.07. The highest BCUT2D eigenvalue weighted by Gasteiger charge is 2.35. The Hall–Kier alpha value is -3.17. The molecule has 1 aromatic rings. The van der Waals surface area contributed by atoms with Crippen LogP contribution >= 0.6 is 0 Å². The fraction of sp³-hybridized carbons (Fsp3) is 0.640. The van der Waals surface area contributed by atoms with Gasteiger partial charge in [0.25, 0.3) is 11.6 Å². The summed E-state index contributed by atoms with van der Waals surface area (Å²) < 4.78 is 4.71. The molecule has 0 aliphatic carbocycles. The normalized spacial score (nSPS) is 11.6. The van der Waals surface area contributed by atoms with Crippen molar-refractivity contribution in [1.29, 1.82) is 0 Å². The largest absolute Gasteiger partial charge is 0.478 e. The summed E-state index contributed by atoms with van der Waals surface area (Å²) in [5.41, 5.74) is 4.58. The maximum Gasteiger partial charge on any atom is 0.338 e. The maximum absolute atomic E-state index is 12.3. The Kier molecular flexibility index (Phi) is 14.0. The number of hydrogen-bond donors (Lipinski definition) is 2. The van der Waals surface area contributed by atoms with Crippen molar-refractivity contribution in [3.8, 4) is 0 Å². The number of unbranched alkanes of at least 4 members (excludes halogenated alkanes) is 11. The molecule has 35 heavy (non-hydrogen) atoms. The van der Waals surface area contributed by atoms with Crippen LogP contribution in [0.25, 0.3) is 0 Å². The van der Waals surface area contributed by atoms with Crippen molar-refractivity contribution in [3.05, 3.63) is 33.9 Å². The van der Waals surface area contributed by atoms with Gasteiger partial charge in [-0.05, 0) is 18.6 Å². The molecule has 0 saturated heterocycles. The molecule has 1 aromatic carbocycles. The molecule has 1 unspecified atom stereocenters. The second-order valence-corrected chi connectivity index (χ2v) is 8.68. The fourth-order valence-corrected chi connectivity index (χ4v) is 4.07. The van der Waals surface area contributed by atoms with Crippen LogP contribution in [0.5, 0.6) is 0 Å². The lowest BCUT2D eigenvalue weighted by molar-refractivity contribution is -0.384. The first-order chi connectivity index (χ1) is 16.7. The predicted octanol–water partition coefficient (Wildman–Crippen LogP) is 4.83. The number of amides is 1. The highest BCUT2D eigenvalue weighted by atomic mass is 16.6. The van der Waals surface area contributed by atoms with E-state index in [2.05, 4.69) is 6.92 Å². The standard InChI is InChI=1S/C25H39N3O7/c1-3-4-5-6-7-8-9-10-11-12-13-14-17-27(22(23(26)29)25(32)35-2)20-16-15-19(24(30)31)18-21(20)28(33)34/h15-16,18,22H,3-14,17H2,1-2H3,(H2,26,29)(H,30,31). The number of carbonyl (C=O) groups is 3. The number of methoxy groups -OCH3 is 1. The number of carbonyl (C=O) groups excluding carboxylic acids is 2. The molecule has 10 heteroatoms. The Labute approximate surface area is 207 Å². The van der Waals surface area contributed by atoms with E-state index >= 15 is 0 Å². The van der Waals surface area contributed by atoms with Crippen molar-refractivity contribution >= 4 is 29.2 Å². The number of anilines is 1. The lowest BCUT2D eigenvalue weighted by Gasteiger charge is -2.29. The third kappa shape index (κ3) is 10.3. The topological polar surface area (TPSA) is 153 Å². The first kappa shape index (κ1) is 29.9. The SMILES string of the molecule is CCCCCCCCCCCCCCN(c1ccc(C(=O)O)cc1[N+](=O)[O-])C(C(N)=O)C(=O)OC. The van der Waals surface area contributed by atoms with Crippen molar-refractivity contribution in [2.75, 3.05) is 18.6 Å². The van der Waals surface area contributed by atoms with Crippen LogP contribution in [-0.2, 0) is 14.3 Å². The maximum atomic E-state index is 12.3. The van der Waals surface area contributed by atoms with Gasteiger partial charge in [-0.2, -0.15) is 0 Å². The summed E-state index contributed by atoms with van der Waals surface area (Å²) in [6.07, 6.45) is 13.4. The quantitative estimate of drug-likeness (QED) is 0.0913. The molecule has 1 atom stereocenters. The van der Waals surface area contributed by atoms with Crippen LogP contribution in [0.4, 0.5) is 11.4 Å². The third-order valence-electron chi connectivity index (χ3n) is 5.99. The first-order valence-corrected chi connectivity index (χ1v) is 12.4. The van der Waals surface area contributed by atoms with E-state index in [1.54, 1.807) is 0 Å². The van der Waals surface area contributed by atoms with Crippen molar-refractivity contribution in [1.82, 2.24) is 0 Å². The van der Waals surface area contributed by atoms with Crippen molar-refractivity contribution in [2.45, 2.75) is 90.0 Å². The number of nitro groups is 1. The Morgan fingerprint density at radius 3 is 1.94 bits per heavy atom. The molecule has 0 fully saturated rings. The smallest absolute Gasteiger partial charge is 0.338 e. The molecule has 0 aliphatic heterocycles. The van der Waals surface area contributed by atoms with Crippen molar-refractivity contribution in [3.63, 3.8) is 0 Å². The second kappa shape index (κ2) is 16.5. The van der Waals surface area contributed by atoms with Crippen molar-refractivity contribution in [2.24, 2.45) is 5.73 Å². The number of carboxylic acid groups (broad SMARTS) is 1. The van der Waals surface area contributed by atoms with Crippen molar-refractivity contribution < 1.29 is 29.2 Å². The van der Waals surface area contributed by atoms with Gasteiger partial charge in [-0.15, -0.1) is 0 Å². The van der Waals surface area contributed by atoms with E-state index in [-0.39, 0.29) is 17.8 Å². The summed E-state index contributed by atoms with van der Waals surface area (Å²) >= 11 is 0. The van der Waals surface area contributed by atoms with Gasteiger partial charge in [-0.25, -0.2) is 9.59 Å². The highest BCUT2D eigenvalue weighted by Crippen LogP contribution is 2.31. The zero-order valence-electron chi connectivity index (χ0n) is 20.9. The number of hydrogen-bond acceptors (Lipinski definition) is 7. The number of benzene rings is 1. The molecule has 0 radical (unpaired) electrons. The number of esters is 1. The van der Waals surface area contributed by atoms with Crippen LogP contribution in [0.1, 0.15) is 94.3 Å². The van der Waals surface area contributed by atoms with Gasteiger partial charge in [0.15, 0.2) is 0 Å². The summed E-state index contributed by atoms with van der Waals surface area (Å²) in [5, 5.41) is 20.8. The molecule has 0 aromatic heterocycles. The number of aromatic carboxylic acids is 1. The molecule has 0 saturated carbocycles. The van der Waals surface area contributed by atoms with E-state index in [1.165, 1.54) is 62.0 Å². The molecular formula is C25H39N3O7. The molecular weight excluding hydrogens is 454 g/mol. The second-order valence-electron chi connectivity index (χ2n) is 8.68. The minimum Gasteiger partial charge on any atom is -0.478 e. The highest BCUT2D eigenvalue weighted by molar-refractivity contribution is 6.05. The van der Waals surface area contributed by atoms with E-state index in [1.807, 2.05) is 0 Å². The van der Waals surface area contributed by atoms with Gasteiger partial charge in [-0.3, -0.25) is 14.9 Å². The molecule has 0 aliphatic rings. The van der Waals surface area contributed by atoms with Gasteiger partial charge in [0.05, 0.1) is 17.6 Å². The van der Waals surface area contributed by atoms with Crippen LogP contribution in [-0.4, -0.2) is 47.6 Å². The van der Waals surface area contributed by atoms with Crippen LogP contribution in [0.15, 0.2) is 18.2 Å². The van der Waals surface area contributed by atoms with Crippen LogP contribution in [0.3, 0.4) is 0 Å². The first-order valence-electron chi connectivity index (χ1n) is 12.4. The molecule has 0 bridgehead atoms. The van der Waals surface area contributed by atoms with Crippen LogP contribution in [0, 0.1) is 10.1 Å². The van der Waals surface area contributed by atoms with Gasteiger partial charge < -0.3 is 20.5 Å². The van der Waals surface area contributed by atoms with Gasteiger partial charge >= 0.3 is 11.9 Å². The Bertz CT molecular complexity index is 844. The minimum atomic E-state index is -1.57. The number of nitrogens with zero attached hydrogens (tertiary/aromatic N) is 2.